The molecule has 0 spiro atoms. The van der Waals surface area contributed by atoms with E-state index in [1.807, 2.05) is 6.07 Å². The van der Waals surface area contributed by atoms with Crippen molar-refractivity contribution in [3.63, 3.8) is 0 Å². The predicted molar refractivity (Wildman–Crippen MR) is 78.6 cm³/mol. The van der Waals surface area contributed by atoms with Crippen LogP contribution >= 0.6 is 0 Å². The quantitative estimate of drug-likeness (QED) is 0.902. The third-order valence-electron chi connectivity index (χ3n) is 4.45. The van der Waals surface area contributed by atoms with Crippen molar-refractivity contribution in [2.45, 2.75) is 53.0 Å². The van der Waals surface area contributed by atoms with Crippen molar-refractivity contribution in [1.82, 2.24) is 15.3 Å². The van der Waals surface area contributed by atoms with Crippen LogP contribution in [0.4, 0.5) is 0 Å². The summed E-state index contributed by atoms with van der Waals surface area (Å²) in [6, 6.07) is 1.98. The molecule has 0 atom stereocenters. The summed E-state index contributed by atoms with van der Waals surface area (Å²) in [5.74, 6) is 1.76. The van der Waals surface area contributed by atoms with Gasteiger partial charge in [-0.15, -0.1) is 0 Å². The topological polar surface area (TPSA) is 37.8 Å². The Balaban J connectivity index is 1.66. The maximum atomic E-state index is 4.23. The summed E-state index contributed by atoms with van der Waals surface area (Å²) in [6.45, 7) is 9.13. The van der Waals surface area contributed by atoms with E-state index in [0.717, 1.165) is 30.6 Å². The molecule has 0 aliphatic heterocycles. The first kappa shape index (κ1) is 14.4. The van der Waals surface area contributed by atoms with Gasteiger partial charge in [-0.25, -0.2) is 9.97 Å². The van der Waals surface area contributed by atoms with E-state index in [-0.39, 0.29) is 0 Å². The van der Waals surface area contributed by atoms with Crippen molar-refractivity contribution >= 4 is 0 Å². The fraction of sp³-hybridized carbons (Fsp3) is 0.750. The van der Waals surface area contributed by atoms with Gasteiger partial charge in [-0.3, -0.25) is 0 Å². The Morgan fingerprint density at radius 2 is 1.95 bits per heavy atom. The van der Waals surface area contributed by atoms with Gasteiger partial charge in [0.25, 0.3) is 0 Å². The Morgan fingerprint density at radius 1 is 1.21 bits per heavy atom. The highest BCUT2D eigenvalue weighted by molar-refractivity contribution is 4.97. The average Bonchev–Trinajstić information content (AvgIpc) is 2.39. The van der Waals surface area contributed by atoms with Gasteiger partial charge >= 0.3 is 0 Å². The number of nitrogens with one attached hydrogen (secondary N) is 1. The minimum atomic E-state index is 0.485. The molecule has 1 N–H and O–H groups in total. The van der Waals surface area contributed by atoms with Crippen LogP contribution in [0.15, 0.2) is 18.6 Å². The molecule has 0 bridgehead atoms. The largest absolute Gasteiger partial charge is 0.311 e. The highest BCUT2D eigenvalue weighted by atomic mass is 14.9. The maximum absolute atomic E-state index is 4.23. The predicted octanol–water partition coefficient (Wildman–Crippen LogP) is 3.42. The van der Waals surface area contributed by atoms with E-state index in [2.05, 4.69) is 36.1 Å². The summed E-state index contributed by atoms with van der Waals surface area (Å²) in [5, 5.41) is 3.53. The molecule has 1 aromatic rings. The molecule has 3 heteroatoms. The van der Waals surface area contributed by atoms with E-state index >= 15 is 0 Å². The molecule has 1 heterocycles. The van der Waals surface area contributed by atoms with Crippen LogP contribution in [0.2, 0.25) is 0 Å². The number of aromatic nitrogens is 2. The fourth-order valence-corrected chi connectivity index (χ4v) is 3.06. The van der Waals surface area contributed by atoms with Crippen molar-refractivity contribution in [2.75, 3.05) is 6.54 Å². The first-order valence-corrected chi connectivity index (χ1v) is 7.51. The van der Waals surface area contributed by atoms with Gasteiger partial charge in [-0.2, -0.15) is 0 Å². The van der Waals surface area contributed by atoms with Gasteiger partial charge in [0, 0.05) is 12.7 Å². The summed E-state index contributed by atoms with van der Waals surface area (Å²) >= 11 is 0. The van der Waals surface area contributed by atoms with Crippen LogP contribution in [0.5, 0.6) is 0 Å². The molecule has 19 heavy (non-hydrogen) atoms. The Kier molecular flexibility index (Phi) is 4.92. The highest BCUT2D eigenvalue weighted by Gasteiger charge is 2.29. The smallest absolute Gasteiger partial charge is 0.115 e. The molecule has 0 aromatic carbocycles. The second-order valence-electron chi connectivity index (χ2n) is 6.92. The Hall–Kier alpha value is -0.960. The lowest BCUT2D eigenvalue weighted by atomic mass is 9.70. The van der Waals surface area contributed by atoms with E-state index in [9.17, 15) is 0 Å². The van der Waals surface area contributed by atoms with Crippen LogP contribution in [0, 0.1) is 17.3 Å². The molecule has 0 radical (unpaired) electrons. The van der Waals surface area contributed by atoms with Gasteiger partial charge in [0.1, 0.15) is 6.33 Å². The van der Waals surface area contributed by atoms with Crippen molar-refractivity contribution in [1.29, 1.82) is 0 Å². The van der Waals surface area contributed by atoms with Crippen LogP contribution in [0.1, 0.15) is 52.1 Å². The van der Waals surface area contributed by atoms with E-state index in [4.69, 9.17) is 0 Å². The van der Waals surface area contributed by atoms with Crippen molar-refractivity contribution in [3.8, 4) is 0 Å². The second-order valence-corrected chi connectivity index (χ2v) is 6.92. The molecule has 0 unspecified atom stereocenters. The zero-order valence-electron chi connectivity index (χ0n) is 12.5. The second kappa shape index (κ2) is 6.47. The lowest BCUT2D eigenvalue weighted by Gasteiger charge is -2.37. The molecule has 1 saturated carbocycles. The lowest BCUT2D eigenvalue weighted by Crippen LogP contribution is -2.30. The zero-order chi connectivity index (χ0) is 13.7. The normalized spacial score (nSPS) is 24.4. The summed E-state index contributed by atoms with van der Waals surface area (Å²) in [4.78, 5) is 8.17. The molecular weight excluding hydrogens is 234 g/mol. The minimum absolute atomic E-state index is 0.485. The van der Waals surface area contributed by atoms with Gasteiger partial charge in [0.2, 0.25) is 0 Å². The highest BCUT2D eigenvalue weighted by Crippen LogP contribution is 2.39. The summed E-state index contributed by atoms with van der Waals surface area (Å²) in [6.07, 6.45) is 8.95. The Labute approximate surface area is 117 Å². The third-order valence-corrected chi connectivity index (χ3v) is 4.45. The Bertz CT molecular complexity index is 361. The molecule has 3 nitrogen and oxygen atoms in total. The van der Waals surface area contributed by atoms with Gasteiger partial charge in [-0.05, 0) is 55.5 Å². The summed E-state index contributed by atoms with van der Waals surface area (Å²) < 4.78 is 0. The number of rotatable bonds is 4. The van der Waals surface area contributed by atoms with Gasteiger partial charge in [0.15, 0.2) is 0 Å². The standard InChI is InChI=1S/C16H27N3/c1-16(2,3)14-6-4-13(5-7-14)10-18-11-15-8-9-17-12-19-15/h8-9,12-14,18H,4-7,10-11H2,1-3H3. The fourth-order valence-electron chi connectivity index (χ4n) is 3.06. The van der Waals surface area contributed by atoms with E-state index in [0.29, 0.717) is 5.41 Å². The van der Waals surface area contributed by atoms with Gasteiger partial charge < -0.3 is 5.32 Å². The number of nitrogens with zero attached hydrogens (tertiary/aromatic N) is 2. The van der Waals surface area contributed by atoms with Crippen molar-refractivity contribution in [3.05, 3.63) is 24.3 Å². The Morgan fingerprint density at radius 3 is 2.53 bits per heavy atom. The van der Waals surface area contributed by atoms with Crippen molar-refractivity contribution in [2.24, 2.45) is 17.3 Å². The van der Waals surface area contributed by atoms with Gasteiger partial charge in [-0.1, -0.05) is 20.8 Å². The summed E-state index contributed by atoms with van der Waals surface area (Å²) in [7, 11) is 0. The van der Waals surface area contributed by atoms with Crippen LogP contribution in [0.3, 0.4) is 0 Å². The van der Waals surface area contributed by atoms with E-state index in [1.165, 1.54) is 25.7 Å². The maximum Gasteiger partial charge on any atom is 0.115 e. The number of hydrogen-bond acceptors (Lipinski definition) is 3. The molecule has 106 valence electrons. The van der Waals surface area contributed by atoms with Gasteiger partial charge in [0.05, 0.1) is 5.69 Å². The molecule has 0 amide bonds. The molecule has 1 aromatic heterocycles. The molecular formula is C16H27N3. The van der Waals surface area contributed by atoms with Crippen LogP contribution in [-0.4, -0.2) is 16.5 Å². The first-order valence-electron chi connectivity index (χ1n) is 7.51. The third kappa shape index (κ3) is 4.57. The van der Waals surface area contributed by atoms with Crippen LogP contribution < -0.4 is 5.32 Å². The first-order chi connectivity index (χ1) is 9.05. The number of hydrogen-bond donors (Lipinski definition) is 1. The molecule has 1 aliphatic carbocycles. The monoisotopic (exact) mass is 261 g/mol. The van der Waals surface area contributed by atoms with E-state index in [1.54, 1.807) is 12.5 Å². The molecule has 2 rings (SSSR count). The average molecular weight is 261 g/mol. The van der Waals surface area contributed by atoms with Crippen LogP contribution in [-0.2, 0) is 6.54 Å². The van der Waals surface area contributed by atoms with Crippen molar-refractivity contribution < 1.29 is 0 Å². The summed E-state index contributed by atoms with van der Waals surface area (Å²) in [5.41, 5.74) is 1.57. The lowest BCUT2D eigenvalue weighted by molar-refractivity contribution is 0.149. The molecule has 0 saturated heterocycles. The van der Waals surface area contributed by atoms with Crippen LogP contribution in [0.25, 0.3) is 0 Å². The minimum Gasteiger partial charge on any atom is -0.311 e. The molecule has 1 fully saturated rings. The zero-order valence-corrected chi connectivity index (χ0v) is 12.5. The SMILES string of the molecule is CC(C)(C)C1CCC(CNCc2ccncn2)CC1. The molecule has 1 aliphatic rings. The van der Waals surface area contributed by atoms with E-state index < -0.39 is 0 Å².